The van der Waals surface area contributed by atoms with Crippen LogP contribution in [-0.2, 0) is 9.53 Å². The van der Waals surface area contributed by atoms with Crippen LogP contribution >= 0.6 is 0 Å². The number of likely N-dealkylation sites (tertiary alicyclic amines) is 1. The molecule has 3 aliphatic heterocycles. The topological polar surface area (TPSA) is 66.1 Å². The second kappa shape index (κ2) is 9.89. The number of amides is 1. The van der Waals surface area contributed by atoms with Gasteiger partial charge in [-0.05, 0) is 44.2 Å². The molecule has 3 aliphatic rings. The normalized spacial score (nSPS) is 27.7. The second-order valence-electron chi connectivity index (χ2n) is 8.45. The smallest absolute Gasteiger partial charge is 0.241 e. The first-order valence-corrected chi connectivity index (χ1v) is 11.0. The molecule has 29 heavy (non-hydrogen) atoms. The Balaban J connectivity index is 1.19. The van der Waals surface area contributed by atoms with Gasteiger partial charge in [-0.3, -0.25) is 15.1 Å². The van der Waals surface area contributed by atoms with Crippen molar-refractivity contribution < 1.29 is 14.3 Å². The van der Waals surface area contributed by atoms with Crippen LogP contribution in [0.25, 0.3) is 0 Å². The number of hydrogen-bond acceptors (Lipinski definition) is 6. The lowest BCUT2D eigenvalue weighted by atomic mass is 9.89. The zero-order chi connectivity index (χ0) is 20.1. The highest BCUT2D eigenvalue weighted by Gasteiger charge is 2.35. The fraction of sp³-hybridized carbons (Fsp3) is 0.682. The predicted molar refractivity (Wildman–Crippen MR) is 112 cm³/mol. The molecule has 1 amide bonds. The lowest BCUT2D eigenvalue weighted by Gasteiger charge is -2.41. The van der Waals surface area contributed by atoms with Crippen LogP contribution in [0.4, 0.5) is 0 Å². The maximum absolute atomic E-state index is 13.0. The van der Waals surface area contributed by atoms with Crippen molar-refractivity contribution in [3.63, 3.8) is 0 Å². The number of piperidine rings is 1. The molecule has 3 atom stereocenters. The molecule has 1 aromatic carbocycles. The molecule has 7 nitrogen and oxygen atoms in total. The highest BCUT2D eigenvalue weighted by atomic mass is 16.5. The number of nitrogens with one attached hydrogen (secondary N) is 2. The molecule has 0 aliphatic carbocycles. The van der Waals surface area contributed by atoms with Gasteiger partial charge < -0.3 is 14.4 Å². The highest BCUT2D eigenvalue weighted by molar-refractivity contribution is 5.82. The molecular weight excluding hydrogens is 368 g/mol. The van der Waals surface area contributed by atoms with Crippen molar-refractivity contribution in [2.45, 2.75) is 44.3 Å². The van der Waals surface area contributed by atoms with E-state index in [4.69, 9.17) is 9.47 Å². The van der Waals surface area contributed by atoms with Crippen molar-refractivity contribution in [3.05, 3.63) is 30.3 Å². The molecular formula is C22H34N4O3. The Kier molecular flexibility index (Phi) is 7.02. The van der Waals surface area contributed by atoms with Crippen LogP contribution in [0, 0.1) is 5.92 Å². The Hall–Kier alpha value is -1.67. The van der Waals surface area contributed by atoms with E-state index in [0.717, 1.165) is 64.4 Å². The summed E-state index contributed by atoms with van der Waals surface area (Å²) in [6, 6.07) is 10.4. The van der Waals surface area contributed by atoms with Crippen molar-refractivity contribution in [1.82, 2.24) is 20.7 Å². The van der Waals surface area contributed by atoms with Gasteiger partial charge in [0.1, 0.15) is 18.4 Å². The minimum atomic E-state index is -0.160. The number of ether oxygens (including phenoxy) is 2. The largest absolute Gasteiger partial charge is 0.492 e. The molecule has 0 bridgehead atoms. The SMILES string of the molecule is CC(C1CCN(C(=O)C2CC(COc3ccccc3)NN2)CC1)N1CCOCC1. The van der Waals surface area contributed by atoms with Crippen molar-refractivity contribution >= 4 is 5.91 Å². The number of hydrogen-bond donors (Lipinski definition) is 2. The van der Waals surface area contributed by atoms with Gasteiger partial charge in [-0.25, -0.2) is 5.43 Å². The van der Waals surface area contributed by atoms with Crippen LogP contribution < -0.4 is 15.6 Å². The Bertz CT molecular complexity index is 645. The number of morpholine rings is 1. The summed E-state index contributed by atoms with van der Waals surface area (Å²) in [5.74, 6) is 1.75. The Morgan fingerprint density at radius 2 is 1.86 bits per heavy atom. The van der Waals surface area contributed by atoms with Gasteiger partial charge in [0, 0.05) is 32.2 Å². The number of nitrogens with zero attached hydrogens (tertiary/aromatic N) is 2. The van der Waals surface area contributed by atoms with Crippen molar-refractivity contribution in [3.8, 4) is 5.75 Å². The van der Waals surface area contributed by atoms with Gasteiger partial charge in [-0.15, -0.1) is 0 Å². The predicted octanol–water partition coefficient (Wildman–Crippen LogP) is 1.26. The van der Waals surface area contributed by atoms with Gasteiger partial charge >= 0.3 is 0 Å². The molecule has 4 rings (SSSR count). The van der Waals surface area contributed by atoms with Crippen LogP contribution in [0.1, 0.15) is 26.2 Å². The van der Waals surface area contributed by atoms with Gasteiger partial charge in [-0.1, -0.05) is 18.2 Å². The summed E-state index contributed by atoms with van der Waals surface area (Å²) in [6.07, 6.45) is 2.94. The van der Waals surface area contributed by atoms with Gasteiger partial charge in [0.05, 0.1) is 19.3 Å². The molecule has 0 radical (unpaired) electrons. The van der Waals surface area contributed by atoms with E-state index in [1.54, 1.807) is 0 Å². The average molecular weight is 403 g/mol. The molecule has 0 aromatic heterocycles. The Morgan fingerprint density at radius 1 is 1.14 bits per heavy atom. The number of carbonyl (C=O) groups excluding carboxylic acids is 1. The first-order valence-electron chi connectivity index (χ1n) is 11.0. The van der Waals surface area contributed by atoms with Crippen molar-refractivity contribution in [1.29, 1.82) is 0 Å². The highest BCUT2D eigenvalue weighted by Crippen LogP contribution is 2.25. The third-order valence-corrected chi connectivity index (χ3v) is 6.63. The Labute approximate surface area is 173 Å². The summed E-state index contributed by atoms with van der Waals surface area (Å²) >= 11 is 0. The number of para-hydroxylation sites is 1. The molecule has 0 saturated carbocycles. The Morgan fingerprint density at radius 3 is 2.59 bits per heavy atom. The minimum absolute atomic E-state index is 0.142. The molecule has 3 unspecified atom stereocenters. The van der Waals surface area contributed by atoms with Crippen molar-refractivity contribution in [2.24, 2.45) is 5.92 Å². The van der Waals surface area contributed by atoms with E-state index >= 15 is 0 Å². The third kappa shape index (κ3) is 5.28. The summed E-state index contributed by atoms with van der Waals surface area (Å²) in [7, 11) is 0. The first kappa shape index (κ1) is 20.6. The molecule has 7 heteroatoms. The lowest BCUT2D eigenvalue weighted by Crippen LogP contribution is -2.51. The zero-order valence-electron chi connectivity index (χ0n) is 17.4. The second-order valence-corrected chi connectivity index (χ2v) is 8.45. The van der Waals surface area contributed by atoms with E-state index in [9.17, 15) is 4.79 Å². The van der Waals surface area contributed by atoms with Crippen LogP contribution in [0.5, 0.6) is 5.75 Å². The third-order valence-electron chi connectivity index (χ3n) is 6.63. The first-order chi connectivity index (χ1) is 14.2. The number of carbonyl (C=O) groups is 1. The summed E-state index contributed by atoms with van der Waals surface area (Å²) < 4.78 is 11.3. The molecule has 0 spiro atoms. The summed E-state index contributed by atoms with van der Waals surface area (Å²) in [6.45, 7) is 8.37. The standard InChI is InChI=1S/C22H34N4O3/c1-17(25-11-13-28-14-12-25)18-7-9-26(10-8-18)22(27)21-15-19(23-24-21)16-29-20-5-3-2-4-6-20/h2-6,17-19,21,23-24H,7-16H2,1H3. The molecule has 2 N–H and O–H groups in total. The molecule has 3 heterocycles. The van der Waals surface area contributed by atoms with Crippen molar-refractivity contribution in [2.75, 3.05) is 46.0 Å². The van der Waals surface area contributed by atoms with Gasteiger partial charge in [-0.2, -0.15) is 0 Å². The van der Waals surface area contributed by atoms with E-state index in [0.29, 0.717) is 18.6 Å². The minimum Gasteiger partial charge on any atom is -0.492 e. The summed E-state index contributed by atoms with van der Waals surface area (Å²) in [5, 5.41) is 0. The lowest BCUT2D eigenvalue weighted by molar-refractivity contribution is -0.135. The summed E-state index contributed by atoms with van der Waals surface area (Å²) in [5.41, 5.74) is 6.41. The quantitative estimate of drug-likeness (QED) is 0.747. The van der Waals surface area contributed by atoms with Crippen LogP contribution in [0.3, 0.4) is 0 Å². The van der Waals surface area contributed by atoms with Gasteiger partial charge in [0.15, 0.2) is 0 Å². The van der Waals surface area contributed by atoms with E-state index < -0.39 is 0 Å². The van der Waals surface area contributed by atoms with Gasteiger partial charge in [0.25, 0.3) is 0 Å². The van der Waals surface area contributed by atoms with E-state index in [1.807, 2.05) is 35.2 Å². The van der Waals surface area contributed by atoms with E-state index in [-0.39, 0.29) is 18.0 Å². The molecule has 1 aromatic rings. The maximum atomic E-state index is 13.0. The van der Waals surface area contributed by atoms with Crippen LogP contribution in [0.15, 0.2) is 30.3 Å². The number of hydrazine groups is 1. The van der Waals surface area contributed by atoms with E-state index in [2.05, 4.69) is 22.7 Å². The van der Waals surface area contributed by atoms with Gasteiger partial charge in [0.2, 0.25) is 5.91 Å². The molecule has 160 valence electrons. The van der Waals surface area contributed by atoms with E-state index in [1.165, 1.54) is 0 Å². The number of benzene rings is 1. The molecule has 3 fully saturated rings. The average Bonchev–Trinajstić information content (AvgIpc) is 3.27. The van der Waals surface area contributed by atoms with Crippen LogP contribution in [0.2, 0.25) is 0 Å². The zero-order valence-corrected chi connectivity index (χ0v) is 17.4. The monoisotopic (exact) mass is 402 g/mol. The number of rotatable bonds is 6. The fourth-order valence-corrected chi connectivity index (χ4v) is 4.71. The molecule has 3 saturated heterocycles. The summed E-state index contributed by atoms with van der Waals surface area (Å²) in [4.78, 5) is 17.5. The fourth-order valence-electron chi connectivity index (χ4n) is 4.71. The maximum Gasteiger partial charge on any atom is 0.241 e. The van der Waals surface area contributed by atoms with Crippen LogP contribution in [-0.4, -0.2) is 79.8 Å².